The number of rotatable bonds is 3. The van der Waals surface area contributed by atoms with Gasteiger partial charge in [-0.2, -0.15) is 0 Å². The Balaban J connectivity index is 2.65. The molecule has 0 spiro atoms. The van der Waals surface area contributed by atoms with Gasteiger partial charge in [0.15, 0.2) is 0 Å². The monoisotopic (exact) mass is 220 g/mol. The van der Waals surface area contributed by atoms with E-state index in [2.05, 4.69) is 6.92 Å². The lowest BCUT2D eigenvalue weighted by Crippen LogP contribution is -2.44. The van der Waals surface area contributed by atoms with Gasteiger partial charge >= 0.3 is 0 Å². The molecule has 1 fully saturated rings. The van der Waals surface area contributed by atoms with Crippen LogP contribution in [-0.4, -0.2) is 37.6 Å². The molecule has 0 radical (unpaired) electrons. The van der Waals surface area contributed by atoms with Crippen LogP contribution in [0.4, 0.5) is 0 Å². The first-order valence-corrected chi connectivity index (χ1v) is 6.67. The Hall–Kier alpha value is -0.130. The molecular weight excluding hydrogens is 200 g/mol. The van der Waals surface area contributed by atoms with E-state index in [4.69, 9.17) is 5.73 Å². The van der Waals surface area contributed by atoms with Gasteiger partial charge in [0.05, 0.1) is 5.25 Å². The highest BCUT2D eigenvalue weighted by molar-refractivity contribution is 7.89. The Morgan fingerprint density at radius 3 is 2.36 bits per heavy atom. The molecule has 0 bridgehead atoms. The molecule has 0 aliphatic carbocycles. The highest BCUT2D eigenvalue weighted by Gasteiger charge is 2.30. The van der Waals surface area contributed by atoms with Crippen molar-refractivity contribution in [2.24, 2.45) is 11.7 Å². The van der Waals surface area contributed by atoms with Crippen molar-refractivity contribution in [2.75, 3.05) is 19.6 Å². The van der Waals surface area contributed by atoms with E-state index in [-0.39, 0.29) is 6.54 Å². The molecule has 1 unspecified atom stereocenters. The second kappa shape index (κ2) is 4.59. The van der Waals surface area contributed by atoms with Crippen molar-refractivity contribution < 1.29 is 8.42 Å². The molecule has 84 valence electrons. The zero-order chi connectivity index (χ0) is 10.8. The Bertz CT molecular complexity index is 269. The first kappa shape index (κ1) is 11.9. The molecule has 0 saturated carbocycles. The predicted octanol–water partition coefficient (Wildman–Crippen LogP) is 0.395. The minimum Gasteiger partial charge on any atom is -0.329 e. The van der Waals surface area contributed by atoms with Crippen molar-refractivity contribution in [1.29, 1.82) is 0 Å². The van der Waals surface area contributed by atoms with E-state index in [9.17, 15) is 8.42 Å². The Labute approximate surface area is 86.5 Å². The minimum atomic E-state index is -3.13. The van der Waals surface area contributed by atoms with Gasteiger partial charge < -0.3 is 5.73 Å². The van der Waals surface area contributed by atoms with Crippen LogP contribution in [0.15, 0.2) is 0 Å². The summed E-state index contributed by atoms with van der Waals surface area (Å²) in [5.74, 6) is 0.648. The third-order valence-corrected chi connectivity index (χ3v) is 5.24. The van der Waals surface area contributed by atoms with Crippen molar-refractivity contribution in [3.05, 3.63) is 0 Å². The van der Waals surface area contributed by atoms with E-state index in [1.54, 1.807) is 11.2 Å². The molecule has 2 N–H and O–H groups in total. The van der Waals surface area contributed by atoms with E-state index in [0.717, 1.165) is 12.8 Å². The molecular formula is C9H20N2O2S. The zero-order valence-corrected chi connectivity index (χ0v) is 9.76. The summed E-state index contributed by atoms with van der Waals surface area (Å²) in [5, 5.41) is -0.448. The van der Waals surface area contributed by atoms with Crippen molar-refractivity contribution in [1.82, 2.24) is 4.31 Å². The van der Waals surface area contributed by atoms with Gasteiger partial charge in [0, 0.05) is 19.6 Å². The number of hydrogen-bond acceptors (Lipinski definition) is 3. The average molecular weight is 220 g/mol. The summed E-state index contributed by atoms with van der Waals surface area (Å²) in [6, 6.07) is 0. The third-order valence-electron chi connectivity index (χ3n) is 2.94. The maximum atomic E-state index is 11.9. The van der Waals surface area contributed by atoms with Gasteiger partial charge in [-0.25, -0.2) is 12.7 Å². The fraction of sp³-hybridized carbons (Fsp3) is 1.00. The van der Waals surface area contributed by atoms with Crippen LogP contribution in [-0.2, 0) is 10.0 Å². The quantitative estimate of drug-likeness (QED) is 0.748. The number of nitrogens with zero attached hydrogens (tertiary/aromatic N) is 1. The fourth-order valence-corrected chi connectivity index (χ4v) is 3.09. The maximum Gasteiger partial charge on any atom is 0.217 e. The van der Waals surface area contributed by atoms with E-state index < -0.39 is 15.3 Å². The van der Waals surface area contributed by atoms with Crippen molar-refractivity contribution >= 4 is 10.0 Å². The van der Waals surface area contributed by atoms with E-state index >= 15 is 0 Å². The summed E-state index contributed by atoms with van der Waals surface area (Å²) in [6.07, 6.45) is 1.94. The molecule has 0 aromatic heterocycles. The molecule has 1 heterocycles. The molecule has 1 aliphatic rings. The van der Waals surface area contributed by atoms with Gasteiger partial charge in [-0.05, 0) is 25.7 Å². The zero-order valence-electron chi connectivity index (χ0n) is 8.94. The van der Waals surface area contributed by atoms with Crippen LogP contribution < -0.4 is 5.73 Å². The summed E-state index contributed by atoms with van der Waals surface area (Å²) in [7, 11) is -3.13. The van der Waals surface area contributed by atoms with Crippen LogP contribution in [0.2, 0.25) is 0 Å². The SMILES string of the molecule is CC1CCN(S(=O)(=O)C(C)CN)CC1. The third kappa shape index (κ3) is 2.46. The number of hydrogen-bond donors (Lipinski definition) is 1. The Morgan fingerprint density at radius 1 is 1.43 bits per heavy atom. The van der Waals surface area contributed by atoms with E-state index in [1.165, 1.54) is 0 Å². The van der Waals surface area contributed by atoms with Crippen LogP contribution in [0, 0.1) is 5.92 Å². The number of sulfonamides is 1. The predicted molar refractivity (Wildman–Crippen MR) is 57.4 cm³/mol. The van der Waals surface area contributed by atoms with Crippen molar-refractivity contribution in [3.63, 3.8) is 0 Å². The molecule has 0 aromatic carbocycles. The second-order valence-corrected chi connectivity index (χ2v) is 6.52. The Morgan fingerprint density at radius 2 is 1.93 bits per heavy atom. The minimum absolute atomic E-state index is 0.203. The molecule has 0 aromatic rings. The first-order valence-electron chi connectivity index (χ1n) is 5.17. The van der Waals surface area contributed by atoms with E-state index in [1.807, 2.05) is 0 Å². The van der Waals surface area contributed by atoms with Crippen LogP contribution in [0.25, 0.3) is 0 Å². The standard InChI is InChI=1S/C9H20N2O2S/c1-8-3-5-11(6-4-8)14(12,13)9(2)7-10/h8-9H,3-7,10H2,1-2H3. The largest absolute Gasteiger partial charge is 0.329 e. The molecule has 1 saturated heterocycles. The summed E-state index contributed by atoms with van der Waals surface area (Å²) < 4.78 is 25.3. The topological polar surface area (TPSA) is 63.4 Å². The fourth-order valence-electron chi connectivity index (χ4n) is 1.62. The van der Waals surface area contributed by atoms with Crippen LogP contribution in [0.5, 0.6) is 0 Å². The van der Waals surface area contributed by atoms with Gasteiger partial charge in [-0.15, -0.1) is 0 Å². The van der Waals surface area contributed by atoms with Crippen LogP contribution >= 0.6 is 0 Å². The summed E-state index contributed by atoms with van der Waals surface area (Å²) in [4.78, 5) is 0. The highest BCUT2D eigenvalue weighted by atomic mass is 32.2. The lowest BCUT2D eigenvalue weighted by atomic mass is 10.0. The summed E-state index contributed by atoms with van der Waals surface area (Å²) >= 11 is 0. The molecule has 1 atom stereocenters. The normalized spacial score (nSPS) is 23.6. The molecule has 1 rings (SSSR count). The van der Waals surface area contributed by atoms with Crippen molar-refractivity contribution in [2.45, 2.75) is 31.9 Å². The van der Waals surface area contributed by atoms with E-state index in [0.29, 0.717) is 19.0 Å². The van der Waals surface area contributed by atoms with Gasteiger partial charge in [-0.3, -0.25) is 0 Å². The number of nitrogens with two attached hydrogens (primary N) is 1. The van der Waals surface area contributed by atoms with Gasteiger partial charge in [0.1, 0.15) is 0 Å². The Kier molecular flexibility index (Phi) is 3.92. The first-order chi connectivity index (χ1) is 6.48. The van der Waals surface area contributed by atoms with Gasteiger partial charge in [-0.1, -0.05) is 6.92 Å². The molecule has 1 aliphatic heterocycles. The molecule has 5 heteroatoms. The van der Waals surface area contributed by atoms with Gasteiger partial charge in [0.25, 0.3) is 0 Å². The van der Waals surface area contributed by atoms with Gasteiger partial charge in [0.2, 0.25) is 10.0 Å². The molecule has 4 nitrogen and oxygen atoms in total. The maximum absolute atomic E-state index is 11.9. The van der Waals surface area contributed by atoms with Crippen LogP contribution in [0.1, 0.15) is 26.7 Å². The number of piperidine rings is 1. The second-order valence-electron chi connectivity index (χ2n) is 4.17. The lowest BCUT2D eigenvalue weighted by molar-refractivity contribution is 0.286. The smallest absolute Gasteiger partial charge is 0.217 e. The molecule has 0 amide bonds. The molecule has 14 heavy (non-hydrogen) atoms. The van der Waals surface area contributed by atoms with Crippen LogP contribution in [0.3, 0.4) is 0 Å². The van der Waals surface area contributed by atoms with Crippen molar-refractivity contribution in [3.8, 4) is 0 Å². The average Bonchev–Trinajstić information content (AvgIpc) is 2.17. The lowest BCUT2D eigenvalue weighted by Gasteiger charge is -2.31. The summed E-state index contributed by atoms with van der Waals surface area (Å²) in [5.41, 5.74) is 5.39. The highest BCUT2D eigenvalue weighted by Crippen LogP contribution is 2.20. The summed E-state index contributed by atoms with van der Waals surface area (Å²) in [6.45, 7) is 5.36.